The van der Waals surface area contributed by atoms with E-state index in [1.807, 2.05) is 38.1 Å². The van der Waals surface area contributed by atoms with Crippen molar-refractivity contribution in [2.24, 2.45) is 11.1 Å². The average molecular weight is 499 g/mol. The summed E-state index contributed by atoms with van der Waals surface area (Å²) in [4.78, 5) is 28.0. The molecule has 1 heterocycles. The first-order chi connectivity index (χ1) is 15.1. The van der Waals surface area contributed by atoms with Crippen LogP contribution in [0, 0.1) is 11.2 Å². The summed E-state index contributed by atoms with van der Waals surface area (Å²) >= 11 is 3.43. The number of halogens is 2. The van der Waals surface area contributed by atoms with Gasteiger partial charge in [0.25, 0.3) is 0 Å². The second kappa shape index (κ2) is 8.20. The van der Waals surface area contributed by atoms with Crippen molar-refractivity contribution in [2.75, 3.05) is 12.0 Å². The number of ketones is 1. The standard InChI is InChI=1S/C25H24BrFN2O3/c1-25(2)12-18-21(19(30)13-25)20(14-8-10-15(26)11-9-14)22(24(31)32-3)23(28)29(18)17-7-5-4-6-16(17)27/h4-11,20H,12-13,28H2,1-3H3/t20-/m1/s1. The highest BCUT2D eigenvalue weighted by atomic mass is 79.9. The zero-order valence-electron chi connectivity index (χ0n) is 18.1. The number of nitrogens with zero attached hydrogens (tertiary/aromatic N) is 1. The zero-order chi connectivity index (χ0) is 23.2. The summed E-state index contributed by atoms with van der Waals surface area (Å²) in [5.41, 5.74) is 8.39. The lowest BCUT2D eigenvalue weighted by molar-refractivity contribution is -0.136. The van der Waals surface area contributed by atoms with E-state index in [1.165, 1.54) is 18.1 Å². The van der Waals surface area contributed by atoms with Gasteiger partial charge >= 0.3 is 5.97 Å². The number of para-hydroxylation sites is 1. The maximum absolute atomic E-state index is 14.9. The fraction of sp³-hybridized carbons (Fsp3) is 0.280. The van der Waals surface area contributed by atoms with Crippen molar-refractivity contribution in [3.63, 3.8) is 0 Å². The van der Waals surface area contributed by atoms with Gasteiger partial charge in [-0.05, 0) is 41.7 Å². The normalized spacial score (nSPS) is 20.3. The first-order valence-corrected chi connectivity index (χ1v) is 11.1. The Bertz CT molecular complexity index is 1170. The molecule has 2 N–H and O–H groups in total. The molecule has 166 valence electrons. The van der Waals surface area contributed by atoms with Crippen molar-refractivity contribution in [1.82, 2.24) is 0 Å². The number of nitrogens with two attached hydrogens (primary N) is 1. The molecule has 2 aromatic rings. The molecule has 1 atom stereocenters. The molecule has 7 heteroatoms. The second-order valence-electron chi connectivity index (χ2n) is 8.86. The van der Waals surface area contributed by atoms with Gasteiger partial charge in [-0.15, -0.1) is 0 Å². The van der Waals surface area contributed by atoms with Crippen LogP contribution in [0.4, 0.5) is 10.1 Å². The van der Waals surface area contributed by atoms with Crippen LogP contribution < -0.4 is 10.6 Å². The summed E-state index contributed by atoms with van der Waals surface area (Å²) in [5, 5.41) is 0. The fourth-order valence-electron chi connectivity index (χ4n) is 4.62. The summed E-state index contributed by atoms with van der Waals surface area (Å²) < 4.78 is 20.9. The first-order valence-electron chi connectivity index (χ1n) is 10.3. The van der Waals surface area contributed by atoms with Crippen LogP contribution in [0.15, 0.2) is 75.7 Å². The third-order valence-corrected chi connectivity index (χ3v) is 6.49. The number of rotatable bonds is 3. The Kier molecular flexibility index (Phi) is 5.71. The van der Waals surface area contributed by atoms with Crippen molar-refractivity contribution in [2.45, 2.75) is 32.6 Å². The van der Waals surface area contributed by atoms with E-state index in [4.69, 9.17) is 10.5 Å². The van der Waals surface area contributed by atoms with Gasteiger partial charge in [0, 0.05) is 22.2 Å². The van der Waals surface area contributed by atoms with Gasteiger partial charge in [0.1, 0.15) is 11.6 Å². The molecule has 2 aromatic carbocycles. The molecule has 4 rings (SSSR count). The van der Waals surface area contributed by atoms with Crippen LogP contribution in [0.3, 0.4) is 0 Å². The minimum Gasteiger partial charge on any atom is -0.466 e. The number of benzene rings is 2. The zero-order valence-corrected chi connectivity index (χ0v) is 19.7. The lowest BCUT2D eigenvalue weighted by Gasteiger charge is -2.44. The third kappa shape index (κ3) is 3.75. The van der Waals surface area contributed by atoms with Gasteiger partial charge in [0.15, 0.2) is 5.78 Å². The second-order valence-corrected chi connectivity index (χ2v) is 9.78. The van der Waals surface area contributed by atoms with E-state index in [2.05, 4.69) is 15.9 Å². The van der Waals surface area contributed by atoms with E-state index in [0.29, 0.717) is 24.1 Å². The Labute approximate surface area is 194 Å². The number of esters is 1. The summed E-state index contributed by atoms with van der Waals surface area (Å²) in [7, 11) is 1.27. The topological polar surface area (TPSA) is 72.6 Å². The van der Waals surface area contributed by atoms with Crippen LogP contribution >= 0.6 is 15.9 Å². The molecule has 1 aliphatic carbocycles. The lowest BCUT2D eigenvalue weighted by atomic mass is 9.68. The molecule has 0 unspecified atom stereocenters. The van der Waals surface area contributed by atoms with E-state index in [-0.39, 0.29) is 28.3 Å². The van der Waals surface area contributed by atoms with E-state index >= 15 is 0 Å². The molecule has 0 saturated carbocycles. The van der Waals surface area contributed by atoms with Gasteiger partial charge in [0.2, 0.25) is 0 Å². The highest BCUT2D eigenvalue weighted by molar-refractivity contribution is 9.10. The monoisotopic (exact) mass is 498 g/mol. The number of hydrogen-bond donors (Lipinski definition) is 1. The molecule has 5 nitrogen and oxygen atoms in total. The van der Waals surface area contributed by atoms with Crippen molar-refractivity contribution in [1.29, 1.82) is 0 Å². The molecule has 2 aliphatic rings. The quantitative estimate of drug-likeness (QED) is 0.590. The molecule has 0 aromatic heterocycles. The van der Waals surface area contributed by atoms with Crippen molar-refractivity contribution in [3.05, 3.63) is 87.0 Å². The van der Waals surface area contributed by atoms with Crippen LogP contribution in [0.25, 0.3) is 0 Å². The Hall–Kier alpha value is -2.93. The maximum atomic E-state index is 14.9. The average Bonchev–Trinajstić information content (AvgIpc) is 2.73. The minimum atomic E-state index is -0.697. The largest absolute Gasteiger partial charge is 0.466 e. The molecule has 0 bridgehead atoms. The molecular formula is C25H24BrFN2O3. The van der Waals surface area contributed by atoms with Gasteiger partial charge in [-0.3, -0.25) is 9.69 Å². The van der Waals surface area contributed by atoms with Crippen molar-refractivity contribution in [3.8, 4) is 0 Å². The Morgan fingerprint density at radius 3 is 2.44 bits per heavy atom. The summed E-state index contributed by atoms with van der Waals surface area (Å²) in [6.07, 6.45) is 0.822. The Morgan fingerprint density at radius 1 is 1.16 bits per heavy atom. The highest BCUT2D eigenvalue weighted by Crippen LogP contribution is 2.50. The van der Waals surface area contributed by atoms with Crippen LogP contribution in [0.2, 0.25) is 0 Å². The first kappa shape index (κ1) is 22.3. The SMILES string of the molecule is COC(=O)C1=C(N)N(c2ccccc2F)C2=C(C(=O)CC(C)(C)C2)[C@H]1c1ccc(Br)cc1. The molecule has 0 radical (unpaired) electrons. The summed E-state index contributed by atoms with van der Waals surface area (Å²) in [6.45, 7) is 4.00. The number of Topliss-reactive ketones (excluding diaryl/α,β-unsaturated/α-hetero) is 1. The van der Waals surface area contributed by atoms with Gasteiger partial charge in [-0.2, -0.15) is 0 Å². The predicted octanol–water partition coefficient (Wildman–Crippen LogP) is 5.18. The van der Waals surface area contributed by atoms with Gasteiger partial charge in [-0.25, -0.2) is 9.18 Å². The molecule has 0 saturated heterocycles. The van der Waals surface area contributed by atoms with Crippen LogP contribution in [0.5, 0.6) is 0 Å². The number of ether oxygens (including phenoxy) is 1. The van der Waals surface area contributed by atoms with Gasteiger partial charge < -0.3 is 10.5 Å². The lowest BCUT2D eigenvalue weighted by Crippen LogP contribution is -2.44. The smallest absolute Gasteiger partial charge is 0.338 e. The number of methoxy groups -OCH3 is 1. The van der Waals surface area contributed by atoms with E-state index in [1.54, 1.807) is 18.2 Å². The minimum absolute atomic E-state index is 0.0686. The third-order valence-electron chi connectivity index (χ3n) is 5.96. The van der Waals surface area contributed by atoms with Crippen LogP contribution in [-0.4, -0.2) is 18.9 Å². The summed E-state index contributed by atoms with van der Waals surface area (Å²) in [5.74, 6) is -1.86. The number of anilines is 1. The fourth-order valence-corrected chi connectivity index (χ4v) is 4.88. The molecule has 0 spiro atoms. The number of carbonyl (C=O) groups excluding carboxylic acids is 2. The van der Waals surface area contributed by atoms with E-state index < -0.39 is 17.7 Å². The van der Waals surface area contributed by atoms with Gasteiger partial charge in [-0.1, -0.05) is 54.0 Å². The molecule has 0 fully saturated rings. The Morgan fingerprint density at radius 2 is 1.81 bits per heavy atom. The Balaban J connectivity index is 2.05. The molecule has 0 amide bonds. The maximum Gasteiger partial charge on any atom is 0.338 e. The molecule has 1 aliphatic heterocycles. The number of carbonyl (C=O) groups is 2. The summed E-state index contributed by atoms with van der Waals surface area (Å²) in [6, 6.07) is 13.6. The number of allylic oxidation sites excluding steroid dienone is 2. The van der Waals surface area contributed by atoms with Crippen LogP contribution in [-0.2, 0) is 14.3 Å². The number of hydrogen-bond acceptors (Lipinski definition) is 5. The van der Waals surface area contributed by atoms with Crippen molar-refractivity contribution < 1.29 is 18.7 Å². The van der Waals surface area contributed by atoms with E-state index in [0.717, 1.165) is 10.0 Å². The van der Waals surface area contributed by atoms with Crippen LogP contribution in [0.1, 0.15) is 38.2 Å². The highest BCUT2D eigenvalue weighted by Gasteiger charge is 2.46. The van der Waals surface area contributed by atoms with Crippen molar-refractivity contribution >= 4 is 33.4 Å². The predicted molar refractivity (Wildman–Crippen MR) is 124 cm³/mol. The van der Waals surface area contributed by atoms with E-state index in [9.17, 15) is 14.0 Å². The molecule has 32 heavy (non-hydrogen) atoms. The van der Waals surface area contributed by atoms with Gasteiger partial charge in [0.05, 0.1) is 24.3 Å². The molecular weight excluding hydrogens is 475 g/mol.